The third-order valence-electron chi connectivity index (χ3n) is 5.69. The van der Waals surface area contributed by atoms with Gasteiger partial charge in [-0.15, -0.1) is 0 Å². The van der Waals surface area contributed by atoms with Gasteiger partial charge in [0, 0.05) is 18.7 Å². The standard InChI is InChI=1S/C22H26N2O3S/c1-17-6-5-12-23(15-17)16-22(25)19-9-10-21-18(14-19)11-13-24(21)28(26,27)20-7-3-2-4-8-20/h2-4,7-10,14,17H,5-6,11-13,15-16H2,1H3. The molecule has 2 aromatic rings. The zero-order valence-electron chi connectivity index (χ0n) is 16.2. The Morgan fingerprint density at radius 3 is 2.64 bits per heavy atom. The first kappa shape index (κ1) is 19.2. The Morgan fingerprint density at radius 1 is 1.11 bits per heavy atom. The van der Waals surface area contributed by atoms with Crippen LogP contribution in [0.25, 0.3) is 0 Å². The molecule has 0 aromatic heterocycles. The first-order valence-electron chi connectivity index (χ1n) is 9.91. The number of likely N-dealkylation sites (tertiary alicyclic amines) is 1. The average molecular weight is 399 g/mol. The van der Waals surface area contributed by atoms with Crippen molar-refractivity contribution in [3.05, 3.63) is 59.7 Å². The predicted molar refractivity (Wildman–Crippen MR) is 110 cm³/mol. The number of ketones is 1. The number of fused-ring (bicyclic) bond motifs is 1. The molecule has 2 heterocycles. The first-order valence-corrected chi connectivity index (χ1v) is 11.4. The topological polar surface area (TPSA) is 57.7 Å². The van der Waals surface area contributed by atoms with E-state index in [1.54, 1.807) is 42.5 Å². The van der Waals surface area contributed by atoms with Crippen LogP contribution in [0.15, 0.2) is 53.4 Å². The van der Waals surface area contributed by atoms with Crippen LogP contribution in [-0.4, -0.2) is 45.3 Å². The van der Waals surface area contributed by atoms with E-state index in [0.29, 0.717) is 41.6 Å². The summed E-state index contributed by atoms with van der Waals surface area (Å²) >= 11 is 0. The molecule has 2 aliphatic rings. The molecule has 2 aromatic carbocycles. The van der Waals surface area contributed by atoms with Gasteiger partial charge < -0.3 is 0 Å². The summed E-state index contributed by atoms with van der Waals surface area (Å²) in [6, 6.07) is 13.9. The third-order valence-corrected chi connectivity index (χ3v) is 7.52. The molecule has 0 radical (unpaired) electrons. The number of anilines is 1. The summed E-state index contributed by atoms with van der Waals surface area (Å²) in [4.78, 5) is 15.3. The number of Topliss-reactive ketones (excluding diaryl/α,β-unsaturated/α-hetero) is 1. The molecule has 1 atom stereocenters. The van der Waals surface area contributed by atoms with Crippen molar-refractivity contribution in [1.82, 2.24) is 4.90 Å². The van der Waals surface area contributed by atoms with Crippen LogP contribution in [0.4, 0.5) is 5.69 Å². The zero-order valence-corrected chi connectivity index (χ0v) is 17.0. The lowest BCUT2D eigenvalue weighted by Gasteiger charge is -2.30. The van der Waals surface area contributed by atoms with Crippen molar-refractivity contribution < 1.29 is 13.2 Å². The van der Waals surface area contributed by atoms with Crippen LogP contribution in [0, 0.1) is 5.92 Å². The molecule has 4 rings (SSSR count). The minimum Gasteiger partial charge on any atom is -0.296 e. The molecular weight excluding hydrogens is 372 g/mol. The number of carbonyl (C=O) groups is 1. The van der Waals surface area contributed by atoms with E-state index in [2.05, 4.69) is 11.8 Å². The zero-order chi connectivity index (χ0) is 19.7. The molecule has 0 N–H and O–H groups in total. The molecule has 0 saturated carbocycles. The van der Waals surface area contributed by atoms with E-state index in [1.807, 2.05) is 6.07 Å². The van der Waals surface area contributed by atoms with Gasteiger partial charge in [-0.25, -0.2) is 8.42 Å². The Bertz CT molecular complexity index is 973. The molecule has 28 heavy (non-hydrogen) atoms. The number of nitrogens with zero attached hydrogens (tertiary/aromatic N) is 2. The Labute approximate surface area is 167 Å². The third kappa shape index (κ3) is 3.71. The van der Waals surface area contributed by atoms with Gasteiger partial charge in [-0.3, -0.25) is 14.0 Å². The monoisotopic (exact) mass is 398 g/mol. The second-order valence-electron chi connectivity index (χ2n) is 7.89. The fraction of sp³-hybridized carbons (Fsp3) is 0.409. The molecular formula is C22H26N2O3S. The summed E-state index contributed by atoms with van der Waals surface area (Å²) in [5, 5.41) is 0. The van der Waals surface area contributed by atoms with Crippen LogP contribution in [-0.2, 0) is 16.4 Å². The highest BCUT2D eigenvalue weighted by molar-refractivity contribution is 7.92. The van der Waals surface area contributed by atoms with Crippen molar-refractivity contribution >= 4 is 21.5 Å². The second-order valence-corrected chi connectivity index (χ2v) is 9.75. The fourth-order valence-electron chi connectivity index (χ4n) is 4.24. The first-order chi connectivity index (χ1) is 13.4. The summed E-state index contributed by atoms with van der Waals surface area (Å²) < 4.78 is 27.4. The van der Waals surface area contributed by atoms with Crippen molar-refractivity contribution in [3.63, 3.8) is 0 Å². The van der Waals surface area contributed by atoms with Gasteiger partial charge in [-0.1, -0.05) is 25.1 Å². The van der Waals surface area contributed by atoms with Gasteiger partial charge in [0.25, 0.3) is 10.0 Å². The minimum absolute atomic E-state index is 0.112. The van der Waals surface area contributed by atoms with Gasteiger partial charge in [-0.05, 0) is 67.6 Å². The smallest absolute Gasteiger partial charge is 0.264 e. The Morgan fingerprint density at radius 2 is 1.89 bits per heavy atom. The van der Waals surface area contributed by atoms with E-state index in [4.69, 9.17) is 0 Å². The molecule has 5 nitrogen and oxygen atoms in total. The van der Waals surface area contributed by atoms with Crippen LogP contribution in [0.1, 0.15) is 35.7 Å². The van der Waals surface area contributed by atoms with Gasteiger partial charge in [-0.2, -0.15) is 0 Å². The summed E-state index contributed by atoms with van der Waals surface area (Å²) in [6.45, 7) is 5.03. The molecule has 0 spiro atoms. The lowest BCUT2D eigenvalue weighted by molar-refractivity contribution is 0.0893. The molecule has 1 saturated heterocycles. The van der Waals surface area contributed by atoms with Crippen LogP contribution in [0.3, 0.4) is 0 Å². The molecule has 148 valence electrons. The number of sulfonamides is 1. The van der Waals surface area contributed by atoms with Crippen LogP contribution in [0.2, 0.25) is 0 Å². The van der Waals surface area contributed by atoms with Crippen molar-refractivity contribution in [2.24, 2.45) is 5.92 Å². The van der Waals surface area contributed by atoms with E-state index in [9.17, 15) is 13.2 Å². The molecule has 6 heteroatoms. The molecule has 2 aliphatic heterocycles. The quantitative estimate of drug-likeness (QED) is 0.725. The maximum absolute atomic E-state index is 13.0. The highest BCUT2D eigenvalue weighted by Crippen LogP contribution is 2.33. The van der Waals surface area contributed by atoms with E-state index in [0.717, 1.165) is 25.1 Å². The highest BCUT2D eigenvalue weighted by atomic mass is 32.2. The number of carbonyl (C=O) groups excluding carboxylic acids is 1. The van der Waals surface area contributed by atoms with Crippen LogP contribution in [0.5, 0.6) is 0 Å². The summed E-state index contributed by atoms with van der Waals surface area (Å²) in [5.41, 5.74) is 2.29. The van der Waals surface area contributed by atoms with Gasteiger partial charge in [0.1, 0.15) is 0 Å². The van der Waals surface area contributed by atoms with Gasteiger partial charge >= 0.3 is 0 Å². The summed E-state index contributed by atoms with van der Waals surface area (Å²) in [7, 11) is -3.57. The van der Waals surface area contributed by atoms with Crippen molar-refractivity contribution in [2.75, 3.05) is 30.5 Å². The highest BCUT2D eigenvalue weighted by Gasteiger charge is 2.31. The second kappa shape index (κ2) is 7.68. The predicted octanol–water partition coefficient (Wildman–Crippen LogP) is 3.35. The molecule has 1 fully saturated rings. The Kier molecular flexibility index (Phi) is 5.25. The average Bonchev–Trinajstić information content (AvgIpc) is 3.12. The lowest BCUT2D eigenvalue weighted by Crippen LogP contribution is -2.38. The fourth-order valence-corrected chi connectivity index (χ4v) is 5.76. The van der Waals surface area contributed by atoms with Gasteiger partial charge in [0.2, 0.25) is 0 Å². The summed E-state index contributed by atoms with van der Waals surface area (Å²) in [6.07, 6.45) is 3.00. The van der Waals surface area contributed by atoms with Crippen molar-refractivity contribution in [3.8, 4) is 0 Å². The number of piperidine rings is 1. The molecule has 0 bridgehead atoms. The number of rotatable bonds is 5. The molecule has 0 amide bonds. The number of hydrogen-bond acceptors (Lipinski definition) is 4. The van der Waals surface area contributed by atoms with E-state index in [-0.39, 0.29) is 5.78 Å². The van der Waals surface area contributed by atoms with Crippen LogP contribution >= 0.6 is 0 Å². The normalized spacial score (nSPS) is 20.2. The Balaban J connectivity index is 1.53. The molecule has 0 aliphatic carbocycles. The largest absolute Gasteiger partial charge is 0.296 e. The minimum atomic E-state index is -3.57. The van der Waals surface area contributed by atoms with Crippen molar-refractivity contribution in [2.45, 2.75) is 31.1 Å². The van der Waals surface area contributed by atoms with Crippen molar-refractivity contribution in [1.29, 1.82) is 0 Å². The SMILES string of the molecule is CC1CCCN(CC(=O)c2ccc3c(c2)CCN3S(=O)(=O)c2ccccc2)C1. The van der Waals surface area contributed by atoms with E-state index >= 15 is 0 Å². The summed E-state index contributed by atoms with van der Waals surface area (Å²) in [5.74, 6) is 0.750. The maximum atomic E-state index is 13.0. The van der Waals surface area contributed by atoms with E-state index < -0.39 is 10.0 Å². The Hall–Kier alpha value is -2.18. The van der Waals surface area contributed by atoms with Gasteiger partial charge in [0.15, 0.2) is 5.78 Å². The van der Waals surface area contributed by atoms with Gasteiger partial charge in [0.05, 0.1) is 17.1 Å². The molecule has 1 unspecified atom stereocenters. The number of hydrogen-bond donors (Lipinski definition) is 0. The lowest BCUT2D eigenvalue weighted by atomic mass is 9.99. The van der Waals surface area contributed by atoms with Crippen LogP contribution < -0.4 is 4.31 Å². The maximum Gasteiger partial charge on any atom is 0.264 e. The number of benzene rings is 2. The van der Waals surface area contributed by atoms with E-state index in [1.165, 1.54) is 10.7 Å².